The standard InChI is InChI=1S/C8H12.C6H12/c1-3-5-8(4-2)6-7-8;1-3-5-6-4-2/h3-5H,2,6-7H2,1H3;3H,1,4-6H2,2H3. The lowest BCUT2D eigenvalue weighted by Crippen LogP contribution is -1.84. The molecule has 0 atom stereocenters. The molecular formula is C14H24. The zero-order chi connectivity index (χ0) is 10.9. The molecule has 0 nitrogen and oxygen atoms in total. The van der Waals surface area contributed by atoms with Gasteiger partial charge in [0.2, 0.25) is 0 Å². The zero-order valence-corrected chi connectivity index (χ0v) is 9.76. The zero-order valence-electron chi connectivity index (χ0n) is 9.76. The van der Waals surface area contributed by atoms with E-state index in [2.05, 4.69) is 39.2 Å². The summed E-state index contributed by atoms with van der Waals surface area (Å²) in [6.45, 7) is 11.6. The minimum Gasteiger partial charge on any atom is -0.103 e. The van der Waals surface area contributed by atoms with Gasteiger partial charge in [0.25, 0.3) is 0 Å². The van der Waals surface area contributed by atoms with Gasteiger partial charge in [0.1, 0.15) is 0 Å². The highest BCUT2D eigenvalue weighted by Crippen LogP contribution is 2.47. The van der Waals surface area contributed by atoms with E-state index >= 15 is 0 Å². The Labute approximate surface area is 89.4 Å². The van der Waals surface area contributed by atoms with Crippen LogP contribution in [0.15, 0.2) is 37.5 Å². The fraction of sp³-hybridized carbons (Fsp3) is 0.571. The Balaban J connectivity index is 0.000000255. The molecule has 0 N–H and O–H groups in total. The van der Waals surface area contributed by atoms with Crippen LogP contribution in [0.5, 0.6) is 0 Å². The van der Waals surface area contributed by atoms with Crippen LogP contribution in [0.4, 0.5) is 0 Å². The van der Waals surface area contributed by atoms with E-state index in [4.69, 9.17) is 0 Å². The molecule has 0 heterocycles. The number of rotatable bonds is 5. The van der Waals surface area contributed by atoms with Crippen LogP contribution in [0.25, 0.3) is 0 Å². The monoisotopic (exact) mass is 192 g/mol. The number of hydrogen-bond acceptors (Lipinski definition) is 0. The van der Waals surface area contributed by atoms with Gasteiger partial charge in [-0.15, -0.1) is 13.2 Å². The second kappa shape index (κ2) is 7.61. The first-order chi connectivity index (χ1) is 6.74. The minimum absolute atomic E-state index is 0.425. The highest BCUT2D eigenvalue weighted by molar-refractivity contribution is 5.17. The van der Waals surface area contributed by atoms with E-state index in [0.29, 0.717) is 5.41 Å². The van der Waals surface area contributed by atoms with Gasteiger partial charge in [-0.05, 0) is 26.2 Å². The van der Waals surface area contributed by atoms with Crippen molar-refractivity contribution in [1.29, 1.82) is 0 Å². The quantitative estimate of drug-likeness (QED) is 0.429. The average Bonchev–Trinajstić information content (AvgIpc) is 2.97. The van der Waals surface area contributed by atoms with Crippen molar-refractivity contribution in [3.63, 3.8) is 0 Å². The minimum atomic E-state index is 0.425. The van der Waals surface area contributed by atoms with E-state index < -0.39 is 0 Å². The molecule has 0 spiro atoms. The summed E-state index contributed by atoms with van der Waals surface area (Å²) in [6, 6.07) is 0. The predicted molar refractivity (Wildman–Crippen MR) is 66.4 cm³/mol. The highest BCUT2D eigenvalue weighted by atomic mass is 14.4. The number of hydrogen-bond donors (Lipinski definition) is 0. The van der Waals surface area contributed by atoms with Gasteiger partial charge in [-0.2, -0.15) is 0 Å². The van der Waals surface area contributed by atoms with Crippen LogP contribution >= 0.6 is 0 Å². The Bertz CT molecular complexity index is 182. The van der Waals surface area contributed by atoms with Gasteiger partial charge in [0, 0.05) is 5.41 Å². The van der Waals surface area contributed by atoms with E-state index in [0.717, 1.165) is 0 Å². The van der Waals surface area contributed by atoms with Crippen molar-refractivity contribution in [2.24, 2.45) is 5.41 Å². The topological polar surface area (TPSA) is 0 Å². The molecule has 0 aromatic heterocycles. The van der Waals surface area contributed by atoms with Crippen molar-refractivity contribution in [1.82, 2.24) is 0 Å². The second-order valence-corrected chi connectivity index (χ2v) is 3.87. The maximum absolute atomic E-state index is 3.76. The molecule has 0 heteroatoms. The predicted octanol–water partition coefficient (Wildman–Crippen LogP) is 4.89. The van der Waals surface area contributed by atoms with Crippen molar-refractivity contribution in [3.8, 4) is 0 Å². The van der Waals surface area contributed by atoms with Crippen molar-refractivity contribution in [2.45, 2.75) is 46.0 Å². The SMILES string of the molecule is C=CC1(C=CC)CC1.C=CCCCC. The van der Waals surface area contributed by atoms with Crippen LogP contribution in [-0.2, 0) is 0 Å². The Morgan fingerprint density at radius 2 is 1.93 bits per heavy atom. The maximum Gasteiger partial charge on any atom is 0.00590 e. The van der Waals surface area contributed by atoms with Gasteiger partial charge < -0.3 is 0 Å². The molecule has 1 fully saturated rings. The van der Waals surface area contributed by atoms with Gasteiger partial charge in [-0.3, -0.25) is 0 Å². The Morgan fingerprint density at radius 1 is 1.29 bits per heavy atom. The molecule has 0 radical (unpaired) electrons. The summed E-state index contributed by atoms with van der Waals surface area (Å²) in [5, 5.41) is 0. The summed E-state index contributed by atoms with van der Waals surface area (Å²) in [5.41, 5.74) is 0.425. The summed E-state index contributed by atoms with van der Waals surface area (Å²) >= 11 is 0. The van der Waals surface area contributed by atoms with E-state index in [9.17, 15) is 0 Å². The molecule has 0 aromatic carbocycles. The van der Waals surface area contributed by atoms with Gasteiger partial charge in [0.05, 0.1) is 0 Å². The lowest BCUT2D eigenvalue weighted by Gasteiger charge is -1.96. The summed E-state index contributed by atoms with van der Waals surface area (Å²) < 4.78 is 0. The molecule has 1 aliphatic rings. The van der Waals surface area contributed by atoms with Crippen LogP contribution in [0, 0.1) is 5.41 Å². The normalized spacial score (nSPS) is 17.0. The molecule has 1 saturated carbocycles. The summed E-state index contributed by atoms with van der Waals surface area (Å²) in [6.07, 6.45) is 14.7. The van der Waals surface area contributed by atoms with Crippen molar-refractivity contribution in [3.05, 3.63) is 37.5 Å². The third-order valence-corrected chi connectivity index (χ3v) is 2.49. The van der Waals surface area contributed by atoms with Crippen LogP contribution in [0.3, 0.4) is 0 Å². The largest absolute Gasteiger partial charge is 0.103 e. The lowest BCUT2D eigenvalue weighted by atomic mass is 10.1. The van der Waals surface area contributed by atoms with Crippen LogP contribution < -0.4 is 0 Å². The first kappa shape index (κ1) is 13.2. The lowest BCUT2D eigenvalue weighted by molar-refractivity contribution is 0.816. The number of allylic oxidation sites excluding steroid dienone is 4. The van der Waals surface area contributed by atoms with E-state index in [-0.39, 0.29) is 0 Å². The summed E-state index contributed by atoms with van der Waals surface area (Å²) in [7, 11) is 0. The molecule has 14 heavy (non-hydrogen) atoms. The highest BCUT2D eigenvalue weighted by Gasteiger charge is 2.35. The summed E-state index contributed by atoms with van der Waals surface area (Å²) in [5.74, 6) is 0. The van der Waals surface area contributed by atoms with Crippen molar-refractivity contribution in [2.75, 3.05) is 0 Å². The van der Waals surface area contributed by atoms with Crippen LogP contribution in [0.1, 0.15) is 46.0 Å². The molecule has 0 unspecified atom stereocenters. The molecule has 1 rings (SSSR count). The van der Waals surface area contributed by atoms with Crippen molar-refractivity contribution < 1.29 is 0 Å². The molecule has 0 bridgehead atoms. The fourth-order valence-electron chi connectivity index (χ4n) is 1.26. The number of unbranched alkanes of at least 4 members (excludes halogenated alkanes) is 2. The smallest absolute Gasteiger partial charge is 0.00590 e. The van der Waals surface area contributed by atoms with Gasteiger partial charge >= 0.3 is 0 Å². The first-order valence-electron chi connectivity index (χ1n) is 5.63. The van der Waals surface area contributed by atoms with Gasteiger partial charge in [-0.1, -0.05) is 44.1 Å². The maximum atomic E-state index is 3.76. The fourth-order valence-corrected chi connectivity index (χ4v) is 1.26. The van der Waals surface area contributed by atoms with Crippen LogP contribution in [-0.4, -0.2) is 0 Å². The Kier molecular flexibility index (Phi) is 7.18. The van der Waals surface area contributed by atoms with E-state index in [1.54, 1.807) is 0 Å². The molecule has 0 aromatic rings. The molecule has 80 valence electrons. The molecule has 1 aliphatic carbocycles. The molecule has 0 saturated heterocycles. The third kappa shape index (κ3) is 5.80. The van der Waals surface area contributed by atoms with Gasteiger partial charge in [0.15, 0.2) is 0 Å². The van der Waals surface area contributed by atoms with Crippen molar-refractivity contribution >= 4 is 0 Å². The average molecular weight is 192 g/mol. The van der Waals surface area contributed by atoms with Crippen LogP contribution in [0.2, 0.25) is 0 Å². The molecule has 0 aliphatic heterocycles. The summed E-state index contributed by atoms with van der Waals surface area (Å²) in [4.78, 5) is 0. The first-order valence-corrected chi connectivity index (χ1v) is 5.63. The Hall–Kier alpha value is -0.780. The Morgan fingerprint density at radius 3 is 2.07 bits per heavy atom. The van der Waals surface area contributed by atoms with E-state index in [1.807, 2.05) is 12.2 Å². The van der Waals surface area contributed by atoms with Gasteiger partial charge in [-0.25, -0.2) is 0 Å². The third-order valence-electron chi connectivity index (χ3n) is 2.49. The molecular weight excluding hydrogens is 168 g/mol. The van der Waals surface area contributed by atoms with E-state index in [1.165, 1.54) is 32.1 Å². The molecule has 0 amide bonds. The second-order valence-electron chi connectivity index (χ2n) is 3.87.